The molecule has 1 aromatic carbocycles. The van der Waals surface area contributed by atoms with Gasteiger partial charge in [-0.25, -0.2) is 4.79 Å². The predicted molar refractivity (Wildman–Crippen MR) is 76.8 cm³/mol. The molecule has 2 rings (SSSR count). The average molecular weight is 290 g/mol. The Morgan fingerprint density at radius 2 is 2.14 bits per heavy atom. The molecule has 1 aliphatic heterocycles. The molecule has 1 unspecified atom stereocenters. The highest BCUT2D eigenvalue weighted by atomic mass is 16.5. The Morgan fingerprint density at radius 3 is 2.81 bits per heavy atom. The van der Waals surface area contributed by atoms with Crippen molar-refractivity contribution in [2.45, 2.75) is 19.8 Å². The summed E-state index contributed by atoms with van der Waals surface area (Å²) in [5, 5.41) is 5.41. The van der Waals surface area contributed by atoms with E-state index in [9.17, 15) is 14.4 Å². The SMILES string of the molecule is CCOC(=O)c1ccccc1NC(=O)C1CCC(=O)NC1. The van der Waals surface area contributed by atoms with E-state index >= 15 is 0 Å². The molecule has 1 heterocycles. The maximum atomic E-state index is 12.2. The Hall–Kier alpha value is -2.37. The van der Waals surface area contributed by atoms with Gasteiger partial charge in [-0.1, -0.05) is 12.1 Å². The zero-order valence-electron chi connectivity index (χ0n) is 11.8. The van der Waals surface area contributed by atoms with Gasteiger partial charge in [-0.15, -0.1) is 0 Å². The Bertz CT molecular complexity index is 546. The Labute approximate surface area is 122 Å². The second-order valence-corrected chi connectivity index (χ2v) is 4.79. The van der Waals surface area contributed by atoms with Crippen LogP contribution in [0.3, 0.4) is 0 Å². The lowest BCUT2D eigenvalue weighted by atomic mass is 9.98. The normalized spacial score (nSPS) is 17.8. The molecule has 0 aromatic heterocycles. The summed E-state index contributed by atoms with van der Waals surface area (Å²) in [4.78, 5) is 35.1. The van der Waals surface area contributed by atoms with E-state index in [4.69, 9.17) is 4.74 Å². The van der Waals surface area contributed by atoms with E-state index < -0.39 is 5.97 Å². The minimum absolute atomic E-state index is 0.0361. The van der Waals surface area contributed by atoms with Crippen molar-refractivity contribution in [3.05, 3.63) is 29.8 Å². The van der Waals surface area contributed by atoms with E-state index in [0.29, 0.717) is 30.6 Å². The number of rotatable bonds is 4. The van der Waals surface area contributed by atoms with Crippen LogP contribution in [0.25, 0.3) is 0 Å². The fraction of sp³-hybridized carbons (Fsp3) is 0.400. The summed E-state index contributed by atoms with van der Waals surface area (Å²) in [6, 6.07) is 6.71. The van der Waals surface area contributed by atoms with Crippen LogP contribution in [0.2, 0.25) is 0 Å². The van der Waals surface area contributed by atoms with Crippen molar-refractivity contribution in [3.63, 3.8) is 0 Å². The first-order valence-corrected chi connectivity index (χ1v) is 6.95. The number of hydrogen-bond acceptors (Lipinski definition) is 4. The van der Waals surface area contributed by atoms with Crippen LogP contribution < -0.4 is 10.6 Å². The van der Waals surface area contributed by atoms with Crippen LogP contribution in [0.1, 0.15) is 30.1 Å². The molecule has 1 fully saturated rings. The number of carbonyl (C=O) groups is 3. The summed E-state index contributed by atoms with van der Waals surface area (Å²) < 4.78 is 4.96. The first-order valence-electron chi connectivity index (χ1n) is 6.95. The second kappa shape index (κ2) is 6.88. The number of anilines is 1. The molecule has 0 saturated carbocycles. The molecule has 0 spiro atoms. The maximum Gasteiger partial charge on any atom is 0.340 e. The van der Waals surface area contributed by atoms with E-state index in [2.05, 4.69) is 10.6 Å². The summed E-state index contributed by atoms with van der Waals surface area (Å²) in [7, 11) is 0. The molecule has 0 aliphatic carbocycles. The zero-order chi connectivity index (χ0) is 15.2. The Balaban J connectivity index is 2.07. The number of nitrogens with one attached hydrogen (secondary N) is 2. The van der Waals surface area contributed by atoms with Crippen LogP contribution >= 0.6 is 0 Å². The van der Waals surface area contributed by atoms with E-state index in [-0.39, 0.29) is 24.3 Å². The van der Waals surface area contributed by atoms with Crippen LogP contribution in [0.15, 0.2) is 24.3 Å². The standard InChI is InChI=1S/C15H18N2O4/c1-2-21-15(20)11-5-3-4-6-12(11)17-14(19)10-7-8-13(18)16-9-10/h3-6,10H,2,7-9H2,1H3,(H,16,18)(H,17,19). The lowest BCUT2D eigenvalue weighted by Crippen LogP contribution is -2.40. The smallest absolute Gasteiger partial charge is 0.340 e. The van der Waals surface area contributed by atoms with Crippen molar-refractivity contribution in [1.29, 1.82) is 0 Å². The van der Waals surface area contributed by atoms with Crippen LogP contribution in [-0.2, 0) is 14.3 Å². The van der Waals surface area contributed by atoms with E-state index in [1.165, 1.54) is 0 Å². The van der Waals surface area contributed by atoms with Gasteiger partial charge < -0.3 is 15.4 Å². The zero-order valence-corrected chi connectivity index (χ0v) is 11.8. The average Bonchev–Trinajstić information content (AvgIpc) is 2.48. The molecule has 0 radical (unpaired) electrons. The molecule has 112 valence electrons. The fourth-order valence-electron chi connectivity index (χ4n) is 2.17. The lowest BCUT2D eigenvalue weighted by Gasteiger charge is -2.22. The van der Waals surface area contributed by atoms with Crippen molar-refractivity contribution in [2.24, 2.45) is 5.92 Å². The van der Waals surface area contributed by atoms with Gasteiger partial charge in [0.15, 0.2) is 0 Å². The van der Waals surface area contributed by atoms with Crippen LogP contribution in [0.5, 0.6) is 0 Å². The Kier molecular flexibility index (Phi) is 4.92. The van der Waals surface area contributed by atoms with Gasteiger partial charge in [0, 0.05) is 13.0 Å². The molecule has 2 N–H and O–H groups in total. The van der Waals surface area contributed by atoms with Crippen molar-refractivity contribution >= 4 is 23.5 Å². The highest BCUT2D eigenvalue weighted by Crippen LogP contribution is 2.19. The van der Waals surface area contributed by atoms with Gasteiger partial charge in [-0.05, 0) is 25.5 Å². The molecular weight excluding hydrogens is 272 g/mol. The first kappa shape index (κ1) is 15.0. The molecule has 6 nitrogen and oxygen atoms in total. The molecule has 6 heteroatoms. The lowest BCUT2D eigenvalue weighted by molar-refractivity contribution is -0.126. The highest BCUT2D eigenvalue weighted by molar-refractivity contribution is 6.02. The minimum Gasteiger partial charge on any atom is -0.462 e. The van der Waals surface area contributed by atoms with Crippen LogP contribution in [0.4, 0.5) is 5.69 Å². The van der Waals surface area contributed by atoms with Crippen LogP contribution in [-0.4, -0.2) is 30.9 Å². The molecular formula is C15H18N2O4. The van der Waals surface area contributed by atoms with E-state index in [1.807, 2.05) is 0 Å². The van der Waals surface area contributed by atoms with Gasteiger partial charge in [0.1, 0.15) is 0 Å². The van der Waals surface area contributed by atoms with Gasteiger partial charge in [-0.3, -0.25) is 9.59 Å². The summed E-state index contributed by atoms with van der Waals surface area (Å²) in [6.07, 6.45) is 0.858. The molecule has 0 bridgehead atoms. The number of piperidine rings is 1. The van der Waals surface area contributed by atoms with Crippen LogP contribution in [0, 0.1) is 5.92 Å². The highest BCUT2D eigenvalue weighted by Gasteiger charge is 2.25. The predicted octanol–water partition coefficient (Wildman–Crippen LogP) is 1.33. The van der Waals surface area contributed by atoms with Gasteiger partial charge in [0.25, 0.3) is 0 Å². The number of ether oxygens (including phenoxy) is 1. The number of carbonyl (C=O) groups excluding carboxylic acids is 3. The topological polar surface area (TPSA) is 84.5 Å². The van der Waals surface area contributed by atoms with Crippen molar-refractivity contribution < 1.29 is 19.1 Å². The summed E-state index contributed by atoms with van der Waals surface area (Å²) in [5.41, 5.74) is 0.755. The van der Waals surface area contributed by atoms with Gasteiger partial charge in [0.2, 0.25) is 11.8 Å². The third-order valence-corrected chi connectivity index (χ3v) is 3.32. The third-order valence-electron chi connectivity index (χ3n) is 3.32. The fourth-order valence-corrected chi connectivity index (χ4v) is 2.17. The summed E-state index contributed by atoms with van der Waals surface area (Å²) in [6.45, 7) is 2.33. The molecule has 1 saturated heterocycles. The minimum atomic E-state index is -0.467. The number of para-hydroxylation sites is 1. The number of amides is 2. The third kappa shape index (κ3) is 3.81. The van der Waals surface area contributed by atoms with Gasteiger partial charge in [-0.2, -0.15) is 0 Å². The Morgan fingerprint density at radius 1 is 1.38 bits per heavy atom. The first-order chi connectivity index (χ1) is 10.1. The molecule has 1 atom stereocenters. The largest absolute Gasteiger partial charge is 0.462 e. The summed E-state index contributed by atoms with van der Waals surface area (Å²) in [5.74, 6) is -0.985. The quantitative estimate of drug-likeness (QED) is 0.819. The number of hydrogen-bond donors (Lipinski definition) is 2. The maximum absolute atomic E-state index is 12.2. The van der Waals surface area contributed by atoms with Gasteiger partial charge >= 0.3 is 5.97 Å². The van der Waals surface area contributed by atoms with Gasteiger partial charge in [0.05, 0.1) is 23.8 Å². The van der Waals surface area contributed by atoms with Crippen molar-refractivity contribution in [1.82, 2.24) is 5.32 Å². The monoisotopic (exact) mass is 290 g/mol. The van der Waals surface area contributed by atoms with Crippen molar-refractivity contribution in [2.75, 3.05) is 18.5 Å². The van der Waals surface area contributed by atoms with E-state index in [0.717, 1.165) is 0 Å². The summed E-state index contributed by atoms with van der Waals surface area (Å²) >= 11 is 0. The number of benzene rings is 1. The van der Waals surface area contributed by atoms with Crippen molar-refractivity contribution in [3.8, 4) is 0 Å². The molecule has 1 aliphatic rings. The molecule has 21 heavy (non-hydrogen) atoms. The second-order valence-electron chi connectivity index (χ2n) is 4.79. The molecule has 2 amide bonds. The number of esters is 1. The molecule has 1 aromatic rings. The van der Waals surface area contributed by atoms with E-state index in [1.54, 1.807) is 31.2 Å².